The largest absolute Gasteiger partial charge is 0.490 e. The highest BCUT2D eigenvalue weighted by molar-refractivity contribution is 9.10. The molecule has 1 aliphatic rings. The van der Waals surface area contributed by atoms with Crippen molar-refractivity contribution in [1.29, 1.82) is 0 Å². The van der Waals surface area contributed by atoms with Crippen molar-refractivity contribution in [3.63, 3.8) is 0 Å². The molecule has 7 nitrogen and oxygen atoms in total. The Morgan fingerprint density at radius 1 is 1.21 bits per heavy atom. The maximum absolute atomic E-state index is 13.2. The second-order valence-corrected chi connectivity index (χ2v) is 10.0. The van der Waals surface area contributed by atoms with E-state index < -0.39 is 10.0 Å². The molecule has 0 radical (unpaired) electrons. The molecular formula is C19H18BrClN4O3S. The van der Waals surface area contributed by atoms with Crippen molar-refractivity contribution in [2.45, 2.75) is 31.0 Å². The minimum atomic E-state index is -3.74. The lowest BCUT2D eigenvalue weighted by atomic mass is 10.2. The Labute approximate surface area is 182 Å². The molecule has 0 N–H and O–H groups in total. The van der Waals surface area contributed by atoms with E-state index in [-0.39, 0.29) is 24.1 Å². The zero-order valence-corrected chi connectivity index (χ0v) is 18.7. The quantitative estimate of drug-likeness (QED) is 0.549. The van der Waals surface area contributed by atoms with Crippen LogP contribution in [0.1, 0.15) is 18.2 Å². The molecular weight excluding hydrogens is 480 g/mol. The molecule has 1 aliphatic heterocycles. The maximum Gasteiger partial charge on any atom is 0.247 e. The minimum absolute atomic E-state index is 0.114. The summed E-state index contributed by atoms with van der Waals surface area (Å²) in [6, 6.07) is 12.0. The molecule has 2 heterocycles. The van der Waals surface area contributed by atoms with E-state index in [1.54, 1.807) is 29.1 Å². The number of benzene rings is 2. The van der Waals surface area contributed by atoms with Gasteiger partial charge in [-0.25, -0.2) is 13.1 Å². The van der Waals surface area contributed by atoms with Crippen molar-refractivity contribution in [1.82, 2.24) is 19.3 Å². The lowest BCUT2D eigenvalue weighted by Gasteiger charge is -2.24. The van der Waals surface area contributed by atoms with Gasteiger partial charge in [0, 0.05) is 9.50 Å². The number of rotatable bonds is 4. The topological polar surface area (TPSA) is 77.3 Å². The van der Waals surface area contributed by atoms with Gasteiger partial charge in [0.05, 0.1) is 31.0 Å². The second-order valence-electron chi connectivity index (χ2n) is 6.84. The number of nitrogens with zero attached hydrogens (tertiary/aromatic N) is 4. The van der Waals surface area contributed by atoms with Crippen LogP contribution in [0.4, 0.5) is 0 Å². The van der Waals surface area contributed by atoms with Gasteiger partial charge in [0.1, 0.15) is 17.3 Å². The van der Waals surface area contributed by atoms with Gasteiger partial charge in [0.15, 0.2) is 0 Å². The van der Waals surface area contributed by atoms with Gasteiger partial charge >= 0.3 is 0 Å². The fraction of sp³-hybridized carbons (Fsp3) is 0.263. The van der Waals surface area contributed by atoms with Crippen LogP contribution in [-0.4, -0.2) is 40.4 Å². The lowest BCUT2D eigenvalue weighted by Crippen LogP contribution is -2.39. The minimum Gasteiger partial charge on any atom is -0.490 e. The average molecular weight is 498 g/mol. The van der Waals surface area contributed by atoms with E-state index in [0.29, 0.717) is 23.0 Å². The van der Waals surface area contributed by atoms with Crippen LogP contribution in [0.15, 0.2) is 58.0 Å². The van der Waals surface area contributed by atoms with Crippen molar-refractivity contribution in [3.8, 4) is 5.75 Å². The van der Waals surface area contributed by atoms with E-state index in [9.17, 15) is 8.42 Å². The molecule has 0 bridgehead atoms. The first-order valence-electron chi connectivity index (χ1n) is 8.90. The smallest absolute Gasteiger partial charge is 0.247 e. The molecule has 1 aromatic heterocycles. The van der Waals surface area contributed by atoms with E-state index in [2.05, 4.69) is 26.2 Å². The molecule has 2 aromatic carbocycles. The van der Waals surface area contributed by atoms with Crippen molar-refractivity contribution in [2.75, 3.05) is 6.61 Å². The first-order valence-corrected chi connectivity index (χ1v) is 11.5. The Morgan fingerprint density at radius 2 is 1.97 bits per heavy atom. The molecule has 0 amide bonds. The Balaban J connectivity index is 1.57. The molecule has 10 heteroatoms. The predicted octanol–water partition coefficient (Wildman–Crippen LogP) is 3.71. The summed E-state index contributed by atoms with van der Waals surface area (Å²) < 4.78 is 36.1. The van der Waals surface area contributed by atoms with E-state index in [0.717, 1.165) is 10.0 Å². The predicted molar refractivity (Wildman–Crippen MR) is 112 cm³/mol. The lowest BCUT2D eigenvalue weighted by molar-refractivity contribution is 0.219. The highest BCUT2D eigenvalue weighted by Crippen LogP contribution is 2.34. The third-order valence-corrected chi connectivity index (χ3v) is 7.37. The SMILES string of the molecule is C[C@H]1COc2cc(Br)ccc2S(=O)(=O)N1Cc1cn(Cc2ccc(Cl)cc2)nn1. The van der Waals surface area contributed by atoms with Gasteiger partial charge in [-0.1, -0.05) is 44.9 Å². The molecule has 0 spiro atoms. The van der Waals surface area contributed by atoms with E-state index in [1.165, 1.54) is 4.31 Å². The van der Waals surface area contributed by atoms with Crippen molar-refractivity contribution in [3.05, 3.63) is 69.4 Å². The van der Waals surface area contributed by atoms with Gasteiger partial charge in [-0.3, -0.25) is 0 Å². The fourth-order valence-corrected chi connectivity index (χ4v) is 5.30. The Bertz CT molecular complexity index is 1130. The van der Waals surface area contributed by atoms with Crippen molar-refractivity contribution in [2.24, 2.45) is 0 Å². The zero-order valence-electron chi connectivity index (χ0n) is 15.5. The third-order valence-electron chi connectivity index (χ3n) is 4.63. The van der Waals surface area contributed by atoms with Crippen LogP contribution < -0.4 is 4.74 Å². The second kappa shape index (κ2) is 8.06. The first-order chi connectivity index (χ1) is 13.8. The van der Waals surface area contributed by atoms with Crippen LogP contribution in [0, 0.1) is 0 Å². The van der Waals surface area contributed by atoms with Gasteiger partial charge < -0.3 is 4.74 Å². The molecule has 0 saturated carbocycles. The van der Waals surface area contributed by atoms with Crippen LogP contribution >= 0.6 is 27.5 Å². The normalized spacial score (nSPS) is 18.7. The summed E-state index contributed by atoms with van der Waals surface area (Å²) >= 11 is 9.27. The number of aromatic nitrogens is 3. The summed E-state index contributed by atoms with van der Waals surface area (Å²) in [5, 5.41) is 8.95. The summed E-state index contributed by atoms with van der Waals surface area (Å²) in [4.78, 5) is 0.151. The highest BCUT2D eigenvalue weighted by Gasteiger charge is 2.35. The number of ether oxygens (including phenoxy) is 1. The van der Waals surface area contributed by atoms with E-state index >= 15 is 0 Å². The monoisotopic (exact) mass is 496 g/mol. The average Bonchev–Trinajstić information content (AvgIpc) is 3.09. The molecule has 29 heavy (non-hydrogen) atoms. The maximum atomic E-state index is 13.2. The van der Waals surface area contributed by atoms with Crippen LogP contribution in [0.2, 0.25) is 5.02 Å². The molecule has 0 saturated heterocycles. The number of hydrogen-bond acceptors (Lipinski definition) is 5. The van der Waals surface area contributed by atoms with Gasteiger partial charge in [-0.15, -0.1) is 5.10 Å². The van der Waals surface area contributed by atoms with E-state index in [4.69, 9.17) is 16.3 Å². The van der Waals surface area contributed by atoms with Gasteiger partial charge in [-0.05, 0) is 42.8 Å². The van der Waals surface area contributed by atoms with Gasteiger partial charge in [-0.2, -0.15) is 4.31 Å². The van der Waals surface area contributed by atoms with Gasteiger partial charge in [0.2, 0.25) is 10.0 Å². The molecule has 4 rings (SSSR count). The molecule has 1 atom stereocenters. The zero-order chi connectivity index (χ0) is 20.6. The summed E-state index contributed by atoms with van der Waals surface area (Å²) in [5.41, 5.74) is 1.59. The first kappa shape index (κ1) is 20.3. The summed E-state index contributed by atoms with van der Waals surface area (Å²) in [7, 11) is -3.74. The Kier molecular flexibility index (Phi) is 5.65. The third kappa shape index (κ3) is 4.32. The fourth-order valence-electron chi connectivity index (χ4n) is 3.13. The Morgan fingerprint density at radius 3 is 2.72 bits per heavy atom. The van der Waals surface area contributed by atoms with Crippen molar-refractivity contribution < 1.29 is 13.2 Å². The summed E-state index contributed by atoms with van der Waals surface area (Å²) in [6.45, 7) is 2.70. The number of sulfonamides is 1. The molecule has 0 fully saturated rings. The highest BCUT2D eigenvalue weighted by atomic mass is 79.9. The standard InChI is InChI=1S/C19H18BrClN4O3S/c1-13-12-28-18-8-15(20)4-7-19(18)29(26,27)25(13)11-17-10-24(23-22-17)9-14-2-5-16(21)6-3-14/h2-8,10,13H,9,11-12H2,1H3/t13-/m0/s1. The molecule has 0 unspecified atom stereocenters. The van der Waals surface area contributed by atoms with Crippen LogP contribution in [0.25, 0.3) is 0 Å². The number of halogens is 2. The molecule has 0 aliphatic carbocycles. The van der Waals surface area contributed by atoms with Crippen molar-refractivity contribution >= 4 is 37.6 Å². The molecule has 152 valence electrons. The Hall–Kier alpha value is -1.94. The summed E-state index contributed by atoms with van der Waals surface area (Å²) in [5.74, 6) is 0.347. The van der Waals surface area contributed by atoms with Crippen LogP contribution in [-0.2, 0) is 23.1 Å². The van der Waals surface area contributed by atoms with E-state index in [1.807, 2.05) is 31.2 Å². The molecule has 3 aromatic rings. The number of hydrogen-bond donors (Lipinski definition) is 0. The van der Waals surface area contributed by atoms with Crippen LogP contribution in [0.5, 0.6) is 5.75 Å². The summed E-state index contributed by atoms with van der Waals surface area (Å²) in [6.07, 6.45) is 1.76. The van der Waals surface area contributed by atoms with Gasteiger partial charge in [0.25, 0.3) is 0 Å². The number of fused-ring (bicyclic) bond motifs is 1. The van der Waals surface area contributed by atoms with Crippen LogP contribution in [0.3, 0.4) is 0 Å².